The first-order valence-corrected chi connectivity index (χ1v) is 9.39. The number of piperidine rings is 1. The lowest BCUT2D eigenvalue weighted by molar-refractivity contribution is -0.127. The van der Waals surface area contributed by atoms with E-state index in [0.717, 1.165) is 38.8 Å². The molecule has 1 aromatic heterocycles. The Balaban J connectivity index is 1.53. The van der Waals surface area contributed by atoms with E-state index in [1.165, 1.54) is 20.0 Å². The summed E-state index contributed by atoms with van der Waals surface area (Å²) in [4.78, 5) is 26.6. The van der Waals surface area contributed by atoms with Gasteiger partial charge < -0.3 is 14.6 Å². The minimum atomic E-state index is -0.295. The molecule has 6 nitrogen and oxygen atoms in total. The maximum absolute atomic E-state index is 12.5. The average Bonchev–Trinajstić information content (AvgIpc) is 3.32. The van der Waals surface area contributed by atoms with Gasteiger partial charge in [-0.3, -0.25) is 9.69 Å². The largest absolute Gasteiger partial charge is 0.464 e. The number of ether oxygens (including phenoxy) is 1. The standard InChI is InChI=1S/C19H29N3O3/c1-14(18(23)20-15-6-3-4-7-15)21-12-9-16(10-13-21)22-11-5-8-17(22)19(24)25-2/h5,8,11,14-16H,3-4,6-7,9-10,12-13H2,1-2H3,(H,20,23). The van der Waals surface area contributed by atoms with E-state index in [0.29, 0.717) is 11.7 Å². The highest BCUT2D eigenvalue weighted by Crippen LogP contribution is 2.26. The Morgan fingerprint density at radius 2 is 1.88 bits per heavy atom. The van der Waals surface area contributed by atoms with Gasteiger partial charge in [0.15, 0.2) is 0 Å². The lowest BCUT2D eigenvalue weighted by atomic mass is 10.0. The molecule has 2 heterocycles. The van der Waals surface area contributed by atoms with Gasteiger partial charge in [-0.1, -0.05) is 12.8 Å². The van der Waals surface area contributed by atoms with Crippen LogP contribution in [0.2, 0.25) is 0 Å². The third-order valence-electron chi connectivity index (χ3n) is 5.69. The van der Waals surface area contributed by atoms with Crippen LogP contribution in [0.1, 0.15) is 62.0 Å². The first-order valence-electron chi connectivity index (χ1n) is 9.39. The monoisotopic (exact) mass is 347 g/mol. The smallest absolute Gasteiger partial charge is 0.354 e. The van der Waals surface area contributed by atoms with Crippen LogP contribution in [0.5, 0.6) is 0 Å². The fraction of sp³-hybridized carbons (Fsp3) is 0.684. The van der Waals surface area contributed by atoms with Crippen molar-refractivity contribution < 1.29 is 14.3 Å². The summed E-state index contributed by atoms with van der Waals surface area (Å²) in [6, 6.07) is 4.25. The van der Waals surface area contributed by atoms with E-state index in [-0.39, 0.29) is 24.0 Å². The van der Waals surface area contributed by atoms with Crippen molar-refractivity contribution in [1.82, 2.24) is 14.8 Å². The quantitative estimate of drug-likeness (QED) is 0.831. The molecule has 6 heteroatoms. The van der Waals surface area contributed by atoms with Crippen LogP contribution in [-0.4, -0.2) is 53.6 Å². The van der Waals surface area contributed by atoms with Crippen molar-refractivity contribution >= 4 is 11.9 Å². The first-order chi connectivity index (χ1) is 12.1. The molecular formula is C19H29N3O3. The summed E-state index contributed by atoms with van der Waals surface area (Å²) >= 11 is 0. The second kappa shape index (κ2) is 8.04. The summed E-state index contributed by atoms with van der Waals surface area (Å²) in [6.45, 7) is 3.73. The highest BCUT2D eigenvalue weighted by atomic mass is 16.5. The molecular weight excluding hydrogens is 318 g/mol. The normalized spacial score (nSPS) is 21.2. The zero-order chi connectivity index (χ0) is 17.8. The van der Waals surface area contributed by atoms with E-state index in [9.17, 15) is 9.59 Å². The molecule has 2 aliphatic rings. The molecule has 3 rings (SSSR count). The summed E-state index contributed by atoms with van der Waals surface area (Å²) in [7, 11) is 1.41. The molecule has 25 heavy (non-hydrogen) atoms. The van der Waals surface area contributed by atoms with Gasteiger partial charge in [0.2, 0.25) is 5.91 Å². The molecule has 1 aliphatic heterocycles. The van der Waals surface area contributed by atoms with Crippen molar-refractivity contribution in [2.45, 2.75) is 63.6 Å². The van der Waals surface area contributed by atoms with E-state index in [1.54, 1.807) is 6.07 Å². The number of methoxy groups -OCH3 is 1. The second-order valence-electron chi connectivity index (χ2n) is 7.23. The maximum Gasteiger partial charge on any atom is 0.354 e. The van der Waals surface area contributed by atoms with Crippen molar-refractivity contribution in [1.29, 1.82) is 0 Å². The van der Waals surface area contributed by atoms with E-state index in [2.05, 4.69) is 10.2 Å². The molecule has 0 radical (unpaired) electrons. The zero-order valence-corrected chi connectivity index (χ0v) is 15.2. The van der Waals surface area contributed by atoms with Crippen molar-refractivity contribution in [3.63, 3.8) is 0 Å². The third-order valence-corrected chi connectivity index (χ3v) is 5.69. The second-order valence-corrected chi connectivity index (χ2v) is 7.23. The lowest BCUT2D eigenvalue weighted by Gasteiger charge is -2.36. The van der Waals surface area contributed by atoms with Crippen LogP contribution in [0, 0.1) is 0 Å². The SMILES string of the molecule is COC(=O)c1cccn1C1CCN(C(C)C(=O)NC2CCCC2)CC1. The number of carbonyl (C=O) groups excluding carboxylic acids is 2. The van der Waals surface area contributed by atoms with Crippen LogP contribution in [0.4, 0.5) is 0 Å². The van der Waals surface area contributed by atoms with E-state index >= 15 is 0 Å². The van der Waals surface area contributed by atoms with Gasteiger partial charge in [0.25, 0.3) is 0 Å². The molecule has 1 saturated carbocycles. The van der Waals surface area contributed by atoms with Crippen LogP contribution in [0.15, 0.2) is 18.3 Å². The number of likely N-dealkylation sites (tertiary alicyclic amines) is 1. The fourth-order valence-corrected chi connectivity index (χ4v) is 4.10. The van der Waals surface area contributed by atoms with Crippen molar-refractivity contribution in [2.75, 3.05) is 20.2 Å². The molecule has 1 amide bonds. The van der Waals surface area contributed by atoms with Gasteiger partial charge >= 0.3 is 5.97 Å². The minimum absolute atomic E-state index is 0.0914. The summed E-state index contributed by atoms with van der Waals surface area (Å²) < 4.78 is 6.88. The summed E-state index contributed by atoms with van der Waals surface area (Å²) in [5.74, 6) is -0.140. The van der Waals surface area contributed by atoms with Crippen LogP contribution in [0.25, 0.3) is 0 Å². The van der Waals surface area contributed by atoms with Gasteiger partial charge in [0.1, 0.15) is 5.69 Å². The van der Waals surface area contributed by atoms with Gasteiger partial charge in [-0.05, 0) is 44.7 Å². The number of carbonyl (C=O) groups is 2. The molecule has 1 N–H and O–H groups in total. The molecule has 0 bridgehead atoms. The lowest BCUT2D eigenvalue weighted by Crippen LogP contribution is -2.50. The Labute approximate surface area is 149 Å². The number of hydrogen-bond acceptors (Lipinski definition) is 4. The molecule has 138 valence electrons. The average molecular weight is 347 g/mol. The van der Waals surface area contributed by atoms with Gasteiger partial charge in [-0.25, -0.2) is 4.79 Å². The van der Waals surface area contributed by atoms with Crippen LogP contribution < -0.4 is 5.32 Å². The maximum atomic E-state index is 12.5. The van der Waals surface area contributed by atoms with Crippen LogP contribution >= 0.6 is 0 Å². The Bertz CT molecular complexity index is 599. The van der Waals surface area contributed by atoms with Gasteiger partial charge in [0.05, 0.1) is 13.2 Å². The number of amides is 1. The predicted molar refractivity (Wildman–Crippen MR) is 95.5 cm³/mol. The van der Waals surface area contributed by atoms with Crippen molar-refractivity contribution in [3.8, 4) is 0 Å². The van der Waals surface area contributed by atoms with Crippen molar-refractivity contribution in [2.24, 2.45) is 0 Å². The summed E-state index contributed by atoms with van der Waals surface area (Å²) in [5.41, 5.74) is 0.605. The number of nitrogens with zero attached hydrogens (tertiary/aromatic N) is 2. The molecule has 1 aromatic rings. The molecule has 1 saturated heterocycles. The summed E-state index contributed by atoms with van der Waals surface area (Å²) in [6.07, 6.45) is 8.49. The molecule has 1 unspecified atom stereocenters. The Kier molecular flexibility index (Phi) is 5.78. The molecule has 1 aliphatic carbocycles. The van der Waals surface area contributed by atoms with Gasteiger partial charge in [-0.15, -0.1) is 0 Å². The van der Waals surface area contributed by atoms with E-state index < -0.39 is 0 Å². The highest BCUT2D eigenvalue weighted by molar-refractivity contribution is 5.87. The van der Waals surface area contributed by atoms with E-state index in [4.69, 9.17) is 4.74 Å². The predicted octanol–water partition coefficient (Wildman–Crippen LogP) is 2.36. The van der Waals surface area contributed by atoms with Crippen molar-refractivity contribution in [3.05, 3.63) is 24.0 Å². The Hall–Kier alpha value is -1.82. The van der Waals surface area contributed by atoms with Crippen LogP contribution in [0.3, 0.4) is 0 Å². The van der Waals surface area contributed by atoms with Gasteiger partial charge in [-0.2, -0.15) is 0 Å². The Morgan fingerprint density at radius 1 is 1.20 bits per heavy atom. The molecule has 2 fully saturated rings. The minimum Gasteiger partial charge on any atom is -0.464 e. The highest BCUT2D eigenvalue weighted by Gasteiger charge is 2.29. The number of hydrogen-bond donors (Lipinski definition) is 1. The Morgan fingerprint density at radius 3 is 2.52 bits per heavy atom. The topological polar surface area (TPSA) is 63.6 Å². The number of rotatable bonds is 5. The summed E-state index contributed by atoms with van der Waals surface area (Å²) in [5, 5.41) is 3.20. The number of aromatic nitrogens is 1. The fourth-order valence-electron chi connectivity index (χ4n) is 4.10. The van der Waals surface area contributed by atoms with Gasteiger partial charge in [0, 0.05) is 31.4 Å². The number of nitrogens with one attached hydrogen (secondary N) is 1. The number of esters is 1. The van der Waals surface area contributed by atoms with Crippen LogP contribution in [-0.2, 0) is 9.53 Å². The molecule has 0 aromatic carbocycles. The zero-order valence-electron chi connectivity index (χ0n) is 15.2. The molecule has 0 spiro atoms. The third kappa shape index (κ3) is 4.06. The molecule has 1 atom stereocenters. The van der Waals surface area contributed by atoms with E-state index in [1.807, 2.05) is 23.8 Å². The first kappa shape index (κ1) is 18.0.